The van der Waals surface area contributed by atoms with E-state index in [0.29, 0.717) is 6.42 Å². The molecule has 20 heavy (non-hydrogen) atoms. The average Bonchev–Trinajstić information content (AvgIpc) is 2.48. The lowest BCUT2D eigenvalue weighted by molar-refractivity contribution is -0.119. The molecule has 1 aliphatic carbocycles. The molecule has 104 valence electrons. The summed E-state index contributed by atoms with van der Waals surface area (Å²) in [6.07, 6.45) is 6.06. The Kier molecular flexibility index (Phi) is 5.25. The van der Waals surface area contributed by atoms with Crippen LogP contribution in [0.3, 0.4) is 0 Å². The van der Waals surface area contributed by atoms with Gasteiger partial charge in [-0.25, -0.2) is 0 Å². The zero-order valence-corrected chi connectivity index (χ0v) is 12.4. The van der Waals surface area contributed by atoms with Gasteiger partial charge in [0.05, 0.1) is 12.5 Å². The molecule has 0 aromatic heterocycles. The molecule has 0 heterocycles. The van der Waals surface area contributed by atoms with Crippen LogP contribution in [0, 0.1) is 11.3 Å². The zero-order valence-electron chi connectivity index (χ0n) is 11.6. The Bertz CT molecular complexity index is 555. The highest BCUT2D eigenvalue weighted by molar-refractivity contribution is 7.98. The number of rotatable bonds is 4. The van der Waals surface area contributed by atoms with Crippen LogP contribution in [0.2, 0.25) is 0 Å². The van der Waals surface area contributed by atoms with Crippen molar-refractivity contribution >= 4 is 17.7 Å². The van der Waals surface area contributed by atoms with Crippen LogP contribution in [0.15, 0.2) is 40.4 Å². The summed E-state index contributed by atoms with van der Waals surface area (Å²) in [5.74, 6) is -0.0356. The van der Waals surface area contributed by atoms with E-state index in [1.165, 1.54) is 4.90 Å². The molecule has 0 spiro atoms. The molecule has 0 saturated heterocycles. The minimum absolute atomic E-state index is 0.0356. The normalized spacial score (nSPS) is 14.8. The Balaban J connectivity index is 1.98. The summed E-state index contributed by atoms with van der Waals surface area (Å²) in [7, 11) is 0. The van der Waals surface area contributed by atoms with Crippen molar-refractivity contribution in [3.8, 4) is 6.07 Å². The van der Waals surface area contributed by atoms with E-state index < -0.39 is 0 Å². The Morgan fingerprint density at radius 3 is 2.65 bits per heavy atom. The summed E-state index contributed by atoms with van der Waals surface area (Å²) in [4.78, 5) is 13.2. The van der Waals surface area contributed by atoms with Crippen molar-refractivity contribution in [3.05, 3.63) is 41.1 Å². The third kappa shape index (κ3) is 3.88. The van der Waals surface area contributed by atoms with E-state index in [2.05, 4.69) is 11.4 Å². The van der Waals surface area contributed by atoms with Crippen molar-refractivity contribution in [2.24, 2.45) is 0 Å². The highest BCUT2D eigenvalue weighted by Crippen LogP contribution is 2.22. The second-order valence-corrected chi connectivity index (χ2v) is 5.73. The maximum atomic E-state index is 12.0. The fraction of sp³-hybridized carbons (Fsp3) is 0.375. The number of carbonyl (C=O) groups is 1. The largest absolute Gasteiger partial charge is 0.329 e. The number of nitrogens with zero attached hydrogens (tertiary/aromatic N) is 1. The van der Waals surface area contributed by atoms with E-state index in [-0.39, 0.29) is 5.91 Å². The van der Waals surface area contributed by atoms with E-state index in [1.807, 2.05) is 30.5 Å². The molecule has 3 nitrogen and oxygen atoms in total. The van der Waals surface area contributed by atoms with E-state index in [1.54, 1.807) is 11.8 Å². The Labute approximate surface area is 124 Å². The lowest BCUT2D eigenvalue weighted by atomic mass is 9.97. The number of nitriles is 1. The molecule has 1 aromatic rings. The molecule has 1 aliphatic rings. The third-order valence-electron chi connectivity index (χ3n) is 3.42. The number of carbonyl (C=O) groups excluding carboxylic acids is 1. The monoisotopic (exact) mass is 286 g/mol. The summed E-state index contributed by atoms with van der Waals surface area (Å²) in [5, 5.41) is 12.0. The van der Waals surface area contributed by atoms with Gasteiger partial charge in [0.25, 0.3) is 0 Å². The molecule has 0 aliphatic heterocycles. The lowest BCUT2D eigenvalue weighted by Gasteiger charge is -2.16. The van der Waals surface area contributed by atoms with Crippen molar-refractivity contribution in [2.45, 2.75) is 37.0 Å². The highest BCUT2D eigenvalue weighted by Gasteiger charge is 2.14. The lowest BCUT2D eigenvalue weighted by Crippen LogP contribution is -2.26. The van der Waals surface area contributed by atoms with Gasteiger partial charge in [-0.05, 0) is 49.6 Å². The molecule has 1 amide bonds. The molecular formula is C16H18N2OS. The van der Waals surface area contributed by atoms with Gasteiger partial charge in [0, 0.05) is 16.2 Å². The number of hydrogen-bond acceptors (Lipinski definition) is 3. The van der Waals surface area contributed by atoms with Gasteiger partial charge < -0.3 is 5.32 Å². The molecule has 1 aromatic carbocycles. The Morgan fingerprint density at radius 2 is 2.00 bits per heavy atom. The van der Waals surface area contributed by atoms with Crippen LogP contribution in [0.4, 0.5) is 0 Å². The zero-order chi connectivity index (χ0) is 14.4. The molecule has 0 radical (unpaired) electrons. The van der Waals surface area contributed by atoms with E-state index in [4.69, 9.17) is 5.26 Å². The average molecular weight is 286 g/mol. The first-order valence-corrected chi connectivity index (χ1v) is 8.00. The van der Waals surface area contributed by atoms with Gasteiger partial charge in [0.1, 0.15) is 0 Å². The van der Waals surface area contributed by atoms with Crippen molar-refractivity contribution in [2.75, 3.05) is 6.26 Å². The van der Waals surface area contributed by atoms with Gasteiger partial charge in [-0.2, -0.15) is 5.26 Å². The van der Waals surface area contributed by atoms with Crippen molar-refractivity contribution in [1.29, 1.82) is 5.26 Å². The summed E-state index contributed by atoms with van der Waals surface area (Å²) < 4.78 is 0. The molecule has 2 rings (SSSR count). The number of allylic oxidation sites excluding steroid dienone is 2. The van der Waals surface area contributed by atoms with Crippen LogP contribution < -0.4 is 5.32 Å². The van der Waals surface area contributed by atoms with Crippen LogP contribution in [-0.2, 0) is 11.2 Å². The second kappa shape index (κ2) is 7.16. The number of nitrogens with one attached hydrogen (secondary N) is 1. The van der Waals surface area contributed by atoms with Crippen LogP contribution in [-0.4, -0.2) is 12.2 Å². The maximum Gasteiger partial charge on any atom is 0.228 e. The topological polar surface area (TPSA) is 52.9 Å². The number of hydrogen-bond donors (Lipinski definition) is 1. The van der Waals surface area contributed by atoms with Crippen molar-refractivity contribution in [1.82, 2.24) is 5.32 Å². The highest BCUT2D eigenvalue weighted by atomic mass is 32.2. The quantitative estimate of drug-likeness (QED) is 0.863. The number of thioether (sulfide) groups is 1. The fourth-order valence-electron chi connectivity index (χ4n) is 2.31. The van der Waals surface area contributed by atoms with Crippen molar-refractivity contribution in [3.63, 3.8) is 0 Å². The molecule has 4 heteroatoms. The molecule has 0 fully saturated rings. The molecule has 1 N–H and O–H groups in total. The predicted octanol–water partition coefficient (Wildman–Crippen LogP) is 3.42. The SMILES string of the molecule is CSc1ccc(CC(=O)NC2=C(C#N)CCCC2)cc1. The summed E-state index contributed by atoms with van der Waals surface area (Å²) in [5.41, 5.74) is 2.56. The van der Waals surface area contributed by atoms with E-state index in [0.717, 1.165) is 42.5 Å². The minimum atomic E-state index is -0.0356. The van der Waals surface area contributed by atoms with Gasteiger partial charge in [-0.1, -0.05) is 12.1 Å². The van der Waals surface area contributed by atoms with E-state index in [9.17, 15) is 4.79 Å². The van der Waals surface area contributed by atoms with Crippen LogP contribution >= 0.6 is 11.8 Å². The van der Waals surface area contributed by atoms with Gasteiger partial charge >= 0.3 is 0 Å². The molecular weight excluding hydrogens is 268 g/mol. The minimum Gasteiger partial charge on any atom is -0.329 e. The van der Waals surface area contributed by atoms with Crippen LogP contribution in [0.25, 0.3) is 0 Å². The van der Waals surface area contributed by atoms with Gasteiger partial charge in [-0.3, -0.25) is 4.79 Å². The molecule has 0 saturated carbocycles. The summed E-state index contributed by atoms with van der Waals surface area (Å²) in [6.45, 7) is 0. The smallest absolute Gasteiger partial charge is 0.228 e. The Morgan fingerprint density at radius 1 is 1.30 bits per heavy atom. The number of benzene rings is 1. The fourth-order valence-corrected chi connectivity index (χ4v) is 2.72. The van der Waals surface area contributed by atoms with Gasteiger partial charge in [0.15, 0.2) is 0 Å². The predicted molar refractivity (Wildman–Crippen MR) is 81.2 cm³/mol. The first-order chi connectivity index (χ1) is 9.72. The first-order valence-electron chi connectivity index (χ1n) is 6.78. The summed E-state index contributed by atoms with van der Waals surface area (Å²) in [6, 6.07) is 10.2. The summed E-state index contributed by atoms with van der Waals surface area (Å²) >= 11 is 1.68. The van der Waals surface area contributed by atoms with Crippen LogP contribution in [0.5, 0.6) is 0 Å². The first kappa shape index (κ1) is 14.7. The van der Waals surface area contributed by atoms with Gasteiger partial charge in [-0.15, -0.1) is 11.8 Å². The molecule has 0 unspecified atom stereocenters. The maximum absolute atomic E-state index is 12.0. The third-order valence-corrected chi connectivity index (χ3v) is 4.16. The van der Waals surface area contributed by atoms with E-state index >= 15 is 0 Å². The molecule has 0 bridgehead atoms. The van der Waals surface area contributed by atoms with Crippen LogP contribution in [0.1, 0.15) is 31.2 Å². The van der Waals surface area contributed by atoms with Gasteiger partial charge in [0.2, 0.25) is 5.91 Å². The molecule has 0 atom stereocenters. The second-order valence-electron chi connectivity index (χ2n) is 4.85. The standard InChI is InChI=1S/C16H18N2OS/c1-20-14-8-6-12(7-9-14)10-16(19)18-15-5-3-2-4-13(15)11-17/h6-9H,2-5,10H2,1H3,(H,18,19). The number of amides is 1. The van der Waals surface area contributed by atoms with Crippen molar-refractivity contribution < 1.29 is 4.79 Å². The Hall–Kier alpha value is -1.73.